The number of ether oxygens (including phenoxy) is 2. The molecule has 2 aromatic rings. The highest BCUT2D eigenvalue weighted by atomic mass is 19.1. The predicted octanol–water partition coefficient (Wildman–Crippen LogP) is 1.57. The Balaban J connectivity index is 2.03. The van der Waals surface area contributed by atoms with Crippen LogP contribution in [0.25, 0.3) is 0 Å². The number of ketones is 1. The van der Waals surface area contributed by atoms with Gasteiger partial charge in [0.15, 0.2) is 5.78 Å². The van der Waals surface area contributed by atoms with Crippen molar-refractivity contribution in [2.45, 2.75) is 20.0 Å². The molecule has 0 saturated carbocycles. The van der Waals surface area contributed by atoms with E-state index >= 15 is 0 Å². The molecule has 2 rings (SSSR count). The van der Waals surface area contributed by atoms with Gasteiger partial charge in [-0.25, -0.2) is 8.78 Å². The summed E-state index contributed by atoms with van der Waals surface area (Å²) >= 11 is 0. The monoisotopic (exact) mass is 405 g/mol. The van der Waals surface area contributed by atoms with Crippen molar-refractivity contribution in [3.05, 3.63) is 65.2 Å². The predicted molar refractivity (Wildman–Crippen MR) is 91.3 cm³/mol. The lowest BCUT2D eigenvalue weighted by molar-refractivity contribution is -0.310. The molecule has 152 valence electrons. The summed E-state index contributed by atoms with van der Waals surface area (Å²) in [5.41, 5.74) is -0.204. The molecule has 0 bridgehead atoms. The molecule has 0 radical (unpaired) electrons. The van der Waals surface area contributed by atoms with E-state index in [1.54, 1.807) is 0 Å². The molecule has 0 aliphatic heterocycles. The molecule has 0 saturated heterocycles. The minimum absolute atomic E-state index is 0.0521. The number of rotatable bonds is 8. The maximum atomic E-state index is 13.6. The van der Waals surface area contributed by atoms with Crippen molar-refractivity contribution in [1.29, 1.82) is 0 Å². The SMILES string of the molecule is CC(=O)OC(=O)C(CC(=O)c1ccc(OCc2c(F)cccc2F)cc1)C(=O)[O-]. The minimum atomic E-state index is -1.94. The number of hydrogen-bond donors (Lipinski definition) is 0. The van der Waals surface area contributed by atoms with Crippen LogP contribution < -0.4 is 9.84 Å². The second-order valence-electron chi connectivity index (χ2n) is 5.92. The summed E-state index contributed by atoms with van der Waals surface area (Å²) in [6.07, 6.45) is -0.769. The highest BCUT2D eigenvalue weighted by molar-refractivity contribution is 6.05. The van der Waals surface area contributed by atoms with E-state index in [9.17, 15) is 33.1 Å². The first kappa shape index (κ1) is 21.7. The lowest BCUT2D eigenvalue weighted by Gasteiger charge is -2.15. The molecule has 0 N–H and O–H groups in total. The molecule has 29 heavy (non-hydrogen) atoms. The number of carbonyl (C=O) groups excluding carboxylic acids is 4. The Hall–Kier alpha value is -3.62. The number of Topliss-reactive ketones (excluding diaryl/α,β-unsaturated/α-hetero) is 1. The van der Waals surface area contributed by atoms with Crippen molar-refractivity contribution in [2.75, 3.05) is 0 Å². The molecule has 0 heterocycles. The zero-order chi connectivity index (χ0) is 21.6. The van der Waals surface area contributed by atoms with Crippen LogP contribution in [0.15, 0.2) is 42.5 Å². The molecule has 9 heteroatoms. The molecular weight excluding hydrogens is 390 g/mol. The molecule has 0 aromatic heterocycles. The minimum Gasteiger partial charge on any atom is -0.549 e. The Kier molecular flexibility index (Phi) is 7.13. The summed E-state index contributed by atoms with van der Waals surface area (Å²) in [6, 6.07) is 8.67. The number of carbonyl (C=O) groups is 4. The van der Waals surface area contributed by atoms with Gasteiger partial charge in [0.25, 0.3) is 0 Å². The van der Waals surface area contributed by atoms with Gasteiger partial charge in [0.2, 0.25) is 0 Å². The molecule has 0 aliphatic carbocycles. The molecule has 7 nitrogen and oxygen atoms in total. The lowest BCUT2D eigenvalue weighted by atomic mass is 9.98. The zero-order valence-corrected chi connectivity index (χ0v) is 15.1. The van der Waals surface area contributed by atoms with Gasteiger partial charge in [0.05, 0.1) is 11.5 Å². The van der Waals surface area contributed by atoms with E-state index in [0.717, 1.165) is 19.1 Å². The van der Waals surface area contributed by atoms with Crippen LogP contribution in [-0.2, 0) is 25.7 Å². The molecule has 0 spiro atoms. The average Bonchev–Trinajstić information content (AvgIpc) is 2.65. The third kappa shape index (κ3) is 5.93. The van der Waals surface area contributed by atoms with Gasteiger partial charge in [-0.15, -0.1) is 0 Å². The number of esters is 2. The van der Waals surface area contributed by atoms with Crippen LogP contribution in [-0.4, -0.2) is 23.7 Å². The summed E-state index contributed by atoms with van der Waals surface area (Å²) in [5.74, 6) is -8.23. The van der Waals surface area contributed by atoms with E-state index in [-0.39, 0.29) is 23.5 Å². The van der Waals surface area contributed by atoms with Crippen molar-refractivity contribution in [2.24, 2.45) is 5.92 Å². The standard InChI is InChI=1S/C20H16F2O7/c1-11(23)29-20(27)14(19(25)26)9-18(24)12-5-7-13(8-6-12)28-10-15-16(21)3-2-4-17(15)22/h2-8,14H,9-10H2,1H3,(H,25,26)/p-1. The molecule has 0 amide bonds. The maximum absolute atomic E-state index is 13.6. The highest BCUT2D eigenvalue weighted by Gasteiger charge is 2.26. The van der Waals surface area contributed by atoms with Crippen LogP contribution in [0.1, 0.15) is 29.3 Å². The maximum Gasteiger partial charge on any atom is 0.322 e. The molecule has 0 fully saturated rings. The van der Waals surface area contributed by atoms with Crippen LogP contribution in [0.4, 0.5) is 8.78 Å². The number of carboxylic acids is 1. The van der Waals surface area contributed by atoms with Crippen molar-refractivity contribution in [3.63, 3.8) is 0 Å². The first-order chi connectivity index (χ1) is 13.7. The summed E-state index contributed by atoms with van der Waals surface area (Å²) in [4.78, 5) is 45.6. The number of hydrogen-bond acceptors (Lipinski definition) is 7. The Morgan fingerprint density at radius 2 is 1.59 bits per heavy atom. The van der Waals surface area contributed by atoms with Crippen molar-refractivity contribution in [3.8, 4) is 5.75 Å². The van der Waals surface area contributed by atoms with E-state index in [1.165, 1.54) is 30.3 Å². The summed E-state index contributed by atoms with van der Waals surface area (Å²) in [5, 5.41) is 11.1. The van der Waals surface area contributed by atoms with Gasteiger partial charge in [-0.2, -0.15) is 0 Å². The topological polar surface area (TPSA) is 110 Å². The van der Waals surface area contributed by atoms with Gasteiger partial charge in [0, 0.05) is 18.9 Å². The van der Waals surface area contributed by atoms with Gasteiger partial charge in [0.1, 0.15) is 29.9 Å². The normalized spacial score (nSPS) is 11.4. The molecule has 2 aromatic carbocycles. The highest BCUT2D eigenvalue weighted by Crippen LogP contribution is 2.19. The van der Waals surface area contributed by atoms with Crippen molar-refractivity contribution >= 4 is 23.7 Å². The van der Waals surface area contributed by atoms with E-state index in [4.69, 9.17) is 4.74 Å². The van der Waals surface area contributed by atoms with E-state index < -0.39 is 47.7 Å². The quantitative estimate of drug-likeness (QED) is 0.372. The Labute approximate surface area is 163 Å². The van der Waals surface area contributed by atoms with E-state index in [2.05, 4.69) is 4.74 Å². The smallest absolute Gasteiger partial charge is 0.322 e. The molecule has 1 unspecified atom stereocenters. The van der Waals surface area contributed by atoms with Gasteiger partial charge in [-0.05, 0) is 36.4 Å². The van der Waals surface area contributed by atoms with Gasteiger partial charge < -0.3 is 19.4 Å². The number of halogens is 2. The summed E-state index contributed by atoms with van der Waals surface area (Å²) in [7, 11) is 0. The first-order valence-corrected chi connectivity index (χ1v) is 8.31. The van der Waals surface area contributed by atoms with Gasteiger partial charge in [-0.1, -0.05) is 6.07 Å². The van der Waals surface area contributed by atoms with Crippen LogP contribution in [0, 0.1) is 17.6 Å². The Morgan fingerprint density at radius 3 is 2.10 bits per heavy atom. The fourth-order valence-corrected chi connectivity index (χ4v) is 2.34. The van der Waals surface area contributed by atoms with Gasteiger partial charge in [-0.3, -0.25) is 14.4 Å². The number of benzene rings is 2. The third-order valence-corrected chi connectivity index (χ3v) is 3.82. The number of aliphatic carboxylic acids is 1. The van der Waals surface area contributed by atoms with Crippen LogP contribution >= 0.6 is 0 Å². The second kappa shape index (κ2) is 9.54. The Bertz CT molecular complexity index is 918. The summed E-state index contributed by atoms with van der Waals surface area (Å²) < 4.78 is 36.6. The summed E-state index contributed by atoms with van der Waals surface area (Å²) in [6.45, 7) is 0.535. The number of carboxylic acid groups (broad SMARTS) is 1. The van der Waals surface area contributed by atoms with Crippen LogP contribution in [0.2, 0.25) is 0 Å². The Morgan fingerprint density at radius 1 is 1.00 bits per heavy atom. The largest absolute Gasteiger partial charge is 0.549 e. The van der Waals surface area contributed by atoms with Crippen molar-refractivity contribution in [1.82, 2.24) is 0 Å². The average molecular weight is 405 g/mol. The van der Waals surface area contributed by atoms with E-state index in [1.807, 2.05) is 0 Å². The van der Waals surface area contributed by atoms with Crippen molar-refractivity contribution < 1.29 is 42.5 Å². The molecular formula is C20H15F2O7-. The van der Waals surface area contributed by atoms with Crippen LogP contribution in [0.5, 0.6) is 5.75 Å². The first-order valence-electron chi connectivity index (χ1n) is 8.31. The van der Waals surface area contributed by atoms with E-state index in [0.29, 0.717) is 0 Å². The third-order valence-electron chi connectivity index (χ3n) is 3.82. The zero-order valence-electron chi connectivity index (χ0n) is 15.1. The fourth-order valence-electron chi connectivity index (χ4n) is 2.34. The second-order valence-corrected chi connectivity index (χ2v) is 5.92. The van der Waals surface area contributed by atoms with Gasteiger partial charge >= 0.3 is 11.9 Å². The lowest BCUT2D eigenvalue weighted by Crippen LogP contribution is -2.39. The fraction of sp³-hybridized carbons (Fsp3) is 0.200. The molecule has 1 atom stereocenters. The van der Waals surface area contributed by atoms with Crippen LogP contribution in [0.3, 0.4) is 0 Å². The molecule has 0 aliphatic rings.